The third-order valence-electron chi connectivity index (χ3n) is 5.54. The van der Waals surface area contributed by atoms with Crippen LogP contribution in [0.15, 0.2) is 22.0 Å². The SMILES string of the molecule is CCOC(=O)N1CCN(C(=O)C2CCCN(Cc3nc(-c4cccs4)no3)C2)CC1. The van der Waals surface area contributed by atoms with Crippen molar-refractivity contribution in [1.29, 1.82) is 0 Å². The van der Waals surface area contributed by atoms with Crippen LogP contribution in [0.1, 0.15) is 25.7 Å². The van der Waals surface area contributed by atoms with Crippen LogP contribution >= 0.6 is 11.3 Å². The number of aromatic nitrogens is 2. The standard InChI is InChI=1S/C20H27N5O4S/c1-2-28-20(27)25-10-8-24(9-11-25)19(26)15-5-3-7-23(13-15)14-17-21-18(22-29-17)16-6-4-12-30-16/h4,6,12,15H,2-3,5,7-11,13-14H2,1H3. The molecule has 0 spiro atoms. The van der Waals surface area contributed by atoms with Gasteiger partial charge >= 0.3 is 6.09 Å². The third kappa shape index (κ3) is 4.81. The van der Waals surface area contributed by atoms with Gasteiger partial charge in [0.15, 0.2) is 0 Å². The molecular weight excluding hydrogens is 406 g/mol. The van der Waals surface area contributed by atoms with Crippen molar-refractivity contribution in [3.05, 3.63) is 23.4 Å². The van der Waals surface area contributed by atoms with E-state index < -0.39 is 0 Å². The number of piperidine rings is 1. The molecule has 0 N–H and O–H groups in total. The summed E-state index contributed by atoms with van der Waals surface area (Å²) in [6.45, 7) is 6.48. The van der Waals surface area contributed by atoms with Crippen molar-refractivity contribution in [3.63, 3.8) is 0 Å². The van der Waals surface area contributed by atoms with Crippen molar-refractivity contribution in [2.45, 2.75) is 26.3 Å². The highest BCUT2D eigenvalue weighted by Crippen LogP contribution is 2.24. The van der Waals surface area contributed by atoms with Crippen LogP contribution in [0.25, 0.3) is 10.7 Å². The fraction of sp³-hybridized carbons (Fsp3) is 0.600. The smallest absolute Gasteiger partial charge is 0.409 e. The van der Waals surface area contributed by atoms with Crippen molar-refractivity contribution in [2.75, 3.05) is 45.9 Å². The molecule has 0 bridgehead atoms. The Morgan fingerprint density at radius 3 is 2.77 bits per heavy atom. The largest absolute Gasteiger partial charge is 0.450 e. The number of thiophene rings is 1. The van der Waals surface area contributed by atoms with E-state index in [1.54, 1.807) is 23.2 Å². The molecule has 2 saturated heterocycles. The molecule has 2 fully saturated rings. The van der Waals surface area contributed by atoms with E-state index in [1.807, 2.05) is 22.4 Å². The minimum Gasteiger partial charge on any atom is -0.450 e. The Morgan fingerprint density at radius 2 is 2.03 bits per heavy atom. The zero-order valence-corrected chi connectivity index (χ0v) is 18.0. The first-order valence-corrected chi connectivity index (χ1v) is 11.3. The zero-order valence-electron chi connectivity index (χ0n) is 17.2. The summed E-state index contributed by atoms with van der Waals surface area (Å²) in [7, 11) is 0. The maximum atomic E-state index is 13.0. The first-order valence-electron chi connectivity index (χ1n) is 10.4. The summed E-state index contributed by atoms with van der Waals surface area (Å²) >= 11 is 1.58. The molecule has 2 aromatic heterocycles. The van der Waals surface area contributed by atoms with Gasteiger partial charge in [-0.2, -0.15) is 4.98 Å². The molecular formula is C20H27N5O4S. The summed E-state index contributed by atoms with van der Waals surface area (Å²) in [5.41, 5.74) is 0. The first-order chi connectivity index (χ1) is 14.6. The van der Waals surface area contributed by atoms with Crippen molar-refractivity contribution in [2.24, 2.45) is 5.92 Å². The quantitative estimate of drug-likeness (QED) is 0.714. The highest BCUT2D eigenvalue weighted by Gasteiger charge is 2.32. The molecule has 0 aliphatic carbocycles. The Balaban J connectivity index is 1.29. The molecule has 10 heteroatoms. The lowest BCUT2D eigenvalue weighted by Gasteiger charge is -2.38. The van der Waals surface area contributed by atoms with Crippen LogP contribution in [0.2, 0.25) is 0 Å². The Labute approximate surface area is 179 Å². The van der Waals surface area contributed by atoms with Gasteiger partial charge in [0.25, 0.3) is 0 Å². The average Bonchev–Trinajstić information content (AvgIpc) is 3.46. The number of hydrogen-bond acceptors (Lipinski definition) is 8. The molecule has 1 unspecified atom stereocenters. The number of amides is 2. The van der Waals surface area contributed by atoms with E-state index in [-0.39, 0.29) is 17.9 Å². The van der Waals surface area contributed by atoms with Crippen molar-refractivity contribution >= 4 is 23.3 Å². The fourth-order valence-corrected chi connectivity index (χ4v) is 4.65. The second kappa shape index (κ2) is 9.57. The molecule has 1 atom stereocenters. The molecule has 0 aromatic carbocycles. The maximum absolute atomic E-state index is 13.0. The molecule has 162 valence electrons. The van der Waals surface area contributed by atoms with Crippen molar-refractivity contribution in [1.82, 2.24) is 24.8 Å². The normalized spacial score (nSPS) is 20.4. The minimum atomic E-state index is -0.296. The Morgan fingerprint density at radius 1 is 1.23 bits per heavy atom. The van der Waals surface area contributed by atoms with Gasteiger partial charge in [0, 0.05) is 32.7 Å². The van der Waals surface area contributed by atoms with E-state index in [2.05, 4.69) is 15.0 Å². The fourth-order valence-electron chi connectivity index (χ4n) is 4.00. The highest BCUT2D eigenvalue weighted by atomic mass is 32.1. The number of ether oxygens (including phenoxy) is 1. The lowest BCUT2D eigenvalue weighted by atomic mass is 9.96. The van der Waals surface area contributed by atoms with Crippen LogP contribution < -0.4 is 0 Å². The van der Waals surface area contributed by atoms with Gasteiger partial charge in [-0.1, -0.05) is 11.2 Å². The van der Waals surface area contributed by atoms with Gasteiger partial charge in [0.2, 0.25) is 17.6 Å². The van der Waals surface area contributed by atoms with Crippen LogP contribution in [0, 0.1) is 5.92 Å². The second-order valence-corrected chi connectivity index (χ2v) is 8.52. The zero-order chi connectivity index (χ0) is 20.9. The number of piperazine rings is 1. The lowest BCUT2D eigenvalue weighted by Crippen LogP contribution is -2.53. The number of hydrogen-bond donors (Lipinski definition) is 0. The number of carbonyl (C=O) groups is 2. The average molecular weight is 434 g/mol. The molecule has 2 aliphatic rings. The van der Waals surface area contributed by atoms with Crippen LogP contribution in [0.5, 0.6) is 0 Å². The maximum Gasteiger partial charge on any atom is 0.409 e. The van der Waals surface area contributed by atoms with Gasteiger partial charge in [-0.25, -0.2) is 4.79 Å². The van der Waals surface area contributed by atoms with Crippen LogP contribution in [-0.2, 0) is 16.1 Å². The summed E-state index contributed by atoms with van der Waals surface area (Å²) in [5.74, 6) is 1.33. The van der Waals surface area contributed by atoms with Crippen LogP contribution in [0.4, 0.5) is 4.79 Å². The molecule has 9 nitrogen and oxygen atoms in total. The molecule has 0 radical (unpaired) electrons. The number of rotatable bonds is 5. The summed E-state index contributed by atoms with van der Waals surface area (Å²) in [5, 5.41) is 6.05. The number of likely N-dealkylation sites (tertiary alicyclic amines) is 1. The first kappa shape index (κ1) is 20.8. The minimum absolute atomic E-state index is 0.0346. The lowest BCUT2D eigenvalue weighted by molar-refractivity contribution is -0.139. The highest BCUT2D eigenvalue weighted by molar-refractivity contribution is 7.13. The second-order valence-electron chi connectivity index (χ2n) is 7.57. The molecule has 0 saturated carbocycles. The number of nitrogens with zero attached hydrogens (tertiary/aromatic N) is 5. The van der Waals surface area contributed by atoms with Gasteiger partial charge in [-0.05, 0) is 37.8 Å². The predicted octanol–water partition coefficient (Wildman–Crippen LogP) is 2.31. The summed E-state index contributed by atoms with van der Waals surface area (Å²) in [6, 6.07) is 3.93. The summed E-state index contributed by atoms with van der Waals surface area (Å²) in [6.07, 6.45) is 1.55. The molecule has 4 rings (SSSR count). The van der Waals surface area contributed by atoms with Gasteiger partial charge < -0.3 is 19.1 Å². The van der Waals surface area contributed by atoms with Crippen molar-refractivity contribution < 1.29 is 18.8 Å². The predicted molar refractivity (Wildman–Crippen MR) is 111 cm³/mol. The molecule has 2 aromatic rings. The molecule has 2 amide bonds. The van der Waals surface area contributed by atoms with Gasteiger partial charge in [0.05, 0.1) is 23.9 Å². The monoisotopic (exact) mass is 433 g/mol. The van der Waals surface area contributed by atoms with Crippen LogP contribution in [0.3, 0.4) is 0 Å². The van der Waals surface area contributed by atoms with Gasteiger partial charge in [-0.15, -0.1) is 11.3 Å². The van der Waals surface area contributed by atoms with Crippen molar-refractivity contribution in [3.8, 4) is 10.7 Å². The Bertz CT molecular complexity index is 847. The topological polar surface area (TPSA) is 92.0 Å². The van der Waals surface area contributed by atoms with Gasteiger partial charge in [-0.3, -0.25) is 9.69 Å². The molecule has 2 aliphatic heterocycles. The van der Waals surface area contributed by atoms with E-state index >= 15 is 0 Å². The Hall–Kier alpha value is -2.46. The van der Waals surface area contributed by atoms with Crippen LogP contribution in [-0.4, -0.2) is 82.7 Å². The summed E-state index contributed by atoms with van der Waals surface area (Å²) in [4.78, 5) is 36.1. The van der Waals surface area contributed by atoms with E-state index in [9.17, 15) is 9.59 Å². The molecule has 4 heterocycles. The number of carbonyl (C=O) groups excluding carboxylic acids is 2. The third-order valence-corrected chi connectivity index (χ3v) is 6.41. The summed E-state index contributed by atoms with van der Waals surface area (Å²) < 4.78 is 10.5. The Kier molecular flexibility index (Phi) is 6.63. The molecule has 30 heavy (non-hydrogen) atoms. The van der Waals surface area contributed by atoms with E-state index in [4.69, 9.17) is 9.26 Å². The van der Waals surface area contributed by atoms with Gasteiger partial charge in [0.1, 0.15) is 0 Å². The van der Waals surface area contributed by atoms with E-state index in [0.29, 0.717) is 57.6 Å². The van der Waals surface area contributed by atoms with E-state index in [1.165, 1.54) is 0 Å². The van der Waals surface area contributed by atoms with E-state index in [0.717, 1.165) is 24.3 Å².